The fourth-order valence-corrected chi connectivity index (χ4v) is 5.27. The lowest BCUT2D eigenvalue weighted by Gasteiger charge is -2.30. The molecule has 0 saturated carbocycles. The predicted octanol–water partition coefficient (Wildman–Crippen LogP) is 5.70. The third-order valence-corrected chi connectivity index (χ3v) is 7.15. The van der Waals surface area contributed by atoms with Gasteiger partial charge in [0.15, 0.2) is 0 Å². The maximum Gasteiger partial charge on any atom is 0.117 e. The Morgan fingerprint density at radius 2 is 2.03 bits per heavy atom. The Kier molecular flexibility index (Phi) is 7.68. The first-order valence-electron chi connectivity index (χ1n) is 10.8. The van der Waals surface area contributed by atoms with Crippen LogP contribution in [-0.2, 0) is 22.9 Å². The number of benzene rings is 2. The standard InChI is InChI=1S/C26H34N2OS/c1-5-7-17-30(29)27-16-10-15-26(6-2)20-28(25-12-9-8-11-24(25)26)19-23-14-13-21(3)18-22(23)4/h5,7-9,11-14,17-18,27H,1,6,10,15-16,19-20H2,2-4H3/b17-7+. The minimum atomic E-state index is -1.13. The molecule has 1 heterocycles. The zero-order chi connectivity index (χ0) is 21.6. The van der Waals surface area contributed by atoms with Crippen molar-refractivity contribution in [3.05, 3.63) is 88.9 Å². The van der Waals surface area contributed by atoms with Crippen LogP contribution in [0.1, 0.15) is 48.4 Å². The highest BCUT2D eigenvalue weighted by Crippen LogP contribution is 2.46. The van der Waals surface area contributed by atoms with Crippen LogP contribution in [0.5, 0.6) is 0 Å². The number of hydrogen-bond donors (Lipinski definition) is 1. The van der Waals surface area contributed by atoms with Gasteiger partial charge in [-0.15, -0.1) is 0 Å². The van der Waals surface area contributed by atoms with Gasteiger partial charge in [-0.05, 0) is 55.9 Å². The Morgan fingerprint density at radius 3 is 2.77 bits per heavy atom. The van der Waals surface area contributed by atoms with Crippen LogP contribution in [-0.4, -0.2) is 17.3 Å². The van der Waals surface area contributed by atoms with Gasteiger partial charge in [-0.1, -0.05) is 67.6 Å². The monoisotopic (exact) mass is 422 g/mol. The summed E-state index contributed by atoms with van der Waals surface area (Å²) in [4.78, 5) is 2.55. The van der Waals surface area contributed by atoms with Gasteiger partial charge in [0, 0.05) is 36.1 Å². The molecule has 2 atom stereocenters. The van der Waals surface area contributed by atoms with Crippen molar-refractivity contribution in [3.8, 4) is 0 Å². The molecule has 2 aromatic rings. The topological polar surface area (TPSA) is 32.3 Å². The smallest absolute Gasteiger partial charge is 0.117 e. The second-order valence-corrected chi connectivity index (χ2v) is 9.45. The lowest BCUT2D eigenvalue weighted by molar-refractivity contribution is 0.390. The summed E-state index contributed by atoms with van der Waals surface area (Å²) >= 11 is 0. The van der Waals surface area contributed by atoms with Gasteiger partial charge in [0.05, 0.1) is 0 Å². The van der Waals surface area contributed by atoms with Crippen molar-refractivity contribution in [3.63, 3.8) is 0 Å². The van der Waals surface area contributed by atoms with Gasteiger partial charge in [-0.3, -0.25) is 0 Å². The summed E-state index contributed by atoms with van der Waals surface area (Å²) in [5, 5.41) is 1.64. The van der Waals surface area contributed by atoms with Crippen LogP contribution in [0.4, 0.5) is 5.69 Å². The highest BCUT2D eigenvalue weighted by atomic mass is 32.2. The van der Waals surface area contributed by atoms with Gasteiger partial charge >= 0.3 is 0 Å². The molecule has 2 aromatic carbocycles. The van der Waals surface area contributed by atoms with E-state index < -0.39 is 11.0 Å². The van der Waals surface area contributed by atoms with Gasteiger partial charge in [0.25, 0.3) is 0 Å². The summed E-state index contributed by atoms with van der Waals surface area (Å²) in [6, 6.07) is 15.6. The third-order valence-electron chi connectivity index (χ3n) is 6.26. The van der Waals surface area contributed by atoms with E-state index in [2.05, 4.69) is 79.4 Å². The molecule has 0 amide bonds. The molecule has 3 nitrogen and oxygen atoms in total. The van der Waals surface area contributed by atoms with Crippen molar-refractivity contribution in [2.45, 2.75) is 52.0 Å². The van der Waals surface area contributed by atoms with Crippen molar-refractivity contribution in [1.29, 1.82) is 0 Å². The molecule has 0 bridgehead atoms. The second-order valence-electron chi connectivity index (χ2n) is 8.30. The van der Waals surface area contributed by atoms with Gasteiger partial charge in [0.2, 0.25) is 0 Å². The van der Waals surface area contributed by atoms with E-state index in [0.29, 0.717) is 0 Å². The zero-order valence-corrected chi connectivity index (χ0v) is 19.3. The Bertz CT molecular complexity index is 936. The molecule has 0 fully saturated rings. The number of rotatable bonds is 10. The van der Waals surface area contributed by atoms with E-state index in [1.807, 2.05) is 0 Å². The van der Waals surface area contributed by atoms with Crippen LogP contribution < -0.4 is 9.62 Å². The molecule has 1 aliphatic rings. The number of fused-ring (bicyclic) bond motifs is 1. The van der Waals surface area contributed by atoms with E-state index in [-0.39, 0.29) is 5.41 Å². The first-order valence-corrected chi connectivity index (χ1v) is 12.0. The lowest BCUT2D eigenvalue weighted by Crippen LogP contribution is -2.34. The van der Waals surface area contributed by atoms with Crippen LogP contribution >= 0.6 is 0 Å². The number of aryl methyl sites for hydroxylation is 2. The largest absolute Gasteiger partial charge is 0.366 e. The number of hydrogen-bond acceptors (Lipinski definition) is 2. The molecule has 0 aromatic heterocycles. The molecular formula is C26H34N2OS. The number of nitrogens with zero attached hydrogens (tertiary/aromatic N) is 1. The molecule has 0 saturated heterocycles. The Morgan fingerprint density at radius 1 is 1.23 bits per heavy atom. The molecule has 0 aliphatic carbocycles. The molecule has 0 spiro atoms. The summed E-state index contributed by atoms with van der Waals surface area (Å²) in [7, 11) is -1.13. The fraction of sp³-hybridized carbons (Fsp3) is 0.385. The van der Waals surface area contributed by atoms with E-state index in [9.17, 15) is 4.21 Å². The van der Waals surface area contributed by atoms with E-state index in [1.54, 1.807) is 17.6 Å². The van der Waals surface area contributed by atoms with Crippen LogP contribution in [0.2, 0.25) is 0 Å². The highest BCUT2D eigenvalue weighted by Gasteiger charge is 2.40. The highest BCUT2D eigenvalue weighted by molar-refractivity contribution is 7.86. The van der Waals surface area contributed by atoms with Crippen molar-refractivity contribution in [1.82, 2.24) is 4.72 Å². The van der Waals surface area contributed by atoms with E-state index >= 15 is 0 Å². The van der Waals surface area contributed by atoms with Crippen LogP contribution in [0.3, 0.4) is 0 Å². The molecular weight excluding hydrogens is 388 g/mol. The van der Waals surface area contributed by atoms with Crippen molar-refractivity contribution >= 4 is 16.7 Å². The molecule has 4 heteroatoms. The molecule has 2 unspecified atom stereocenters. The Labute approximate surface area is 184 Å². The maximum atomic E-state index is 11.9. The fourth-order valence-electron chi connectivity index (χ4n) is 4.57. The summed E-state index contributed by atoms with van der Waals surface area (Å²) in [6.07, 6.45) is 6.54. The quantitative estimate of drug-likeness (QED) is 0.393. The maximum absolute atomic E-state index is 11.9. The normalized spacial score (nSPS) is 19.2. The van der Waals surface area contributed by atoms with Crippen molar-refractivity contribution in [2.24, 2.45) is 0 Å². The van der Waals surface area contributed by atoms with Crippen LogP contribution in [0.15, 0.2) is 66.6 Å². The Balaban J connectivity index is 1.73. The minimum absolute atomic E-state index is 0.148. The van der Waals surface area contributed by atoms with Gasteiger partial charge < -0.3 is 4.90 Å². The predicted molar refractivity (Wildman–Crippen MR) is 130 cm³/mol. The second kappa shape index (κ2) is 10.2. The Hall–Kier alpha value is -2.17. The van der Waals surface area contributed by atoms with E-state index in [0.717, 1.165) is 38.9 Å². The molecule has 3 rings (SSSR count). The van der Waals surface area contributed by atoms with Crippen molar-refractivity contribution < 1.29 is 4.21 Å². The minimum Gasteiger partial charge on any atom is -0.366 e. The third kappa shape index (κ3) is 5.11. The molecule has 160 valence electrons. The summed E-state index contributed by atoms with van der Waals surface area (Å²) < 4.78 is 15.0. The average molecular weight is 423 g/mol. The molecule has 0 radical (unpaired) electrons. The van der Waals surface area contributed by atoms with Gasteiger partial charge in [-0.2, -0.15) is 0 Å². The number of nitrogens with one attached hydrogen (secondary N) is 1. The van der Waals surface area contributed by atoms with Crippen molar-refractivity contribution in [2.75, 3.05) is 18.0 Å². The summed E-state index contributed by atoms with van der Waals surface area (Å²) in [5.74, 6) is 0. The van der Waals surface area contributed by atoms with E-state index in [1.165, 1.54) is 27.9 Å². The molecule has 1 N–H and O–H groups in total. The number of allylic oxidation sites excluding steroid dienone is 2. The molecule has 30 heavy (non-hydrogen) atoms. The van der Waals surface area contributed by atoms with E-state index in [4.69, 9.17) is 0 Å². The molecule has 1 aliphatic heterocycles. The average Bonchev–Trinajstić information content (AvgIpc) is 3.06. The first-order chi connectivity index (χ1) is 14.5. The van der Waals surface area contributed by atoms with Crippen LogP contribution in [0.25, 0.3) is 0 Å². The van der Waals surface area contributed by atoms with Crippen LogP contribution in [0, 0.1) is 13.8 Å². The lowest BCUT2D eigenvalue weighted by atomic mass is 9.76. The zero-order valence-electron chi connectivity index (χ0n) is 18.5. The SMILES string of the molecule is C=C/C=C/S(=O)NCCCC1(CC)CN(Cc2ccc(C)cc2C)c2ccccc21. The van der Waals surface area contributed by atoms with Gasteiger partial charge in [0.1, 0.15) is 11.0 Å². The summed E-state index contributed by atoms with van der Waals surface area (Å²) in [5.41, 5.74) is 7.05. The first kappa shape index (κ1) is 22.5. The number of para-hydroxylation sites is 1. The summed E-state index contributed by atoms with van der Waals surface area (Å²) in [6.45, 7) is 13.0. The van der Waals surface area contributed by atoms with Gasteiger partial charge in [-0.25, -0.2) is 8.93 Å². The number of anilines is 1.